The van der Waals surface area contributed by atoms with Gasteiger partial charge in [-0.05, 0) is 42.8 Å². The van der Waals surface area contributed by atoms with E-state index in [1.165, 1.54) is 12.1 Å². The van der Waals surface area contributed by atoms with Gasteiger partial charge in [-0.15, -0.1) is 0 Å². The summed E-state index contributed by atoms with van der Waals surface area (Å²) >= 11 is 0. The fraction of sp³-hybridized carbons (Fsp3) is 0.105. The van der Waals surface area contributed by atoms with Crippen molar-refractivity contribution in [1.29, 1.82) is 0 Å². The van der Waals surface area contributed by atoms with Crippen LogP contribution in [-0.4, -0.2) is 24.5 Å². The average molecular weight is 349 g/mol. The Morgan fingerprint density at radius 3 is 2.73 bits per heavy atom. The van der Waals surface area contributed by atoms with Gasteiger partial charge in [-0.3, -0.25) is 9.38 Å². The molecule has 26 heavy (non-hydrogen) atoms. The highest BCUT2D eigenvalue weighted by atomic mass is 19.1. The summed E-state index contributed by atoms with van der Waals surface area (Å²) in [6.07, 6.45) is 6.93. The van der Waals surface area contributed by atoms with Gasteiger partial charge in [-0.2, -0.15) is 0 Å². The lowest BCUT2D eigenvalue weighted by atomic mass is 10.1. The van der Waals surface area contributed by atoms with Crippen LogP contribution in [-0.2, 0) is 6.54 Å². The van der Waals surface area contributed by atoms with Crippen molar-refractivity contribution in [2.45, 2.75) is 13.5 Å². The van der Waals surface area contributed by atoms with Crippen LogP contribution >= 0.6 is 0 Å². The quantitative estimate of drug-likeness (QED) is 0.589. The van der Waals surface area contributed by atoms with E-state index in [-0.39, 0.29) is 5.75 Å². The van der Waals surface area contributed by atoms with Crippen molar-refractivity contribution in [3.63, 3.8) is 0 Å². The van der Waals surface area contributed by atoms with Gasteiger partial charge in [0.25, 0.3) is 0 Å². The molecule has 0 aliphatic carbocycles. The van der Waals surface area contributed by atoms with Crippen LogP contribution in [0, 0.1) is 12.7 Å². The molecule has 0 aliphatic rings. The number of aromatic nitrogens is 4. The summed E-state index contributed by atoms with van der Waals surface area (Å²) in [7, 11) is 0. The molecular formula is C19H16FN5O. The zero-order chi connectivity index (χ0) is 18.1. The third-order valence-electron chi connectivity index (χ3n) is 4.15. The normalized spacial score (nSPS) is 11.0. The maximum absolute atomic E-state index is 13.8. The van der Waals surface area contributed by atoms with Gasteiger partial charge >= 0.3 is 0 Å². The second-order valence-corrected chi connectivity index (χ2v) is 5.89. The number of hydrogen-bond donors (Lipinski definition) is 2. The Labute approximate surface area is 149 Å². The number of aromatic hydroxyl groups is 1. The highest BCUT2D eigenvalue weighted by Crippen LogP contribution is 2.29. The fourth-order valence-corrected chi connectivity index (χ4v) is 2.90. The summed E-state index contributed by atoms with van der Waals surface area (Å²) in [5.74, 6) is -0.401. The molecule has 7 heteroatoms. The first kappa shape index (κ1) is 16.0. The minimum Gasteiger partial charge on any atom is -0.505 e. The Hall–Kier alpha value is -3.48. The van der Waals surface area contributed by atoms with Crippen molar-refractivity contribution in [2.75, 3.05) is 5.32 Å². The maximum atomic E-state index is 13.8. The smallest absolute Gasteiger partial charge is 0.180 e. The first-order valence-corrected chi connectivity index (χ1v) is 8.09. The van der Waals surface area contributed by atoms with Crippen LogP contribution in [0.2, 0.25) is 0 Å². The lowest BCUT2D eigenvalue weighted by Crippen LogP contribution is -2.04. The van der Waals surface area contributed by atoms with E-state index in [2.05, 4.69) is 20.3 Å². The van der Waals surface area contributed by atoms with Gasteiger partial charge in [0.2, 0.25) is 0 Å². The largest absolute Gasteiger partial charge is 0.505 e. The molecule has 0 fully saturated rings. The van der Waals surface area contributed by atoms with Gasteiger partial charge in [0, 0.05) is 36.9 Å². The van der Waals surface area contributed by atoms with Crippen LogP contribution in [0.4, 0.5) is 10.2 Å². The standard InChI is InChI=1S/C19H16FN5O/c1-12-17(14-2-3-16(26)15(20)10-14)25-9-8-22-18(19(25)24-12)23-11-13-4-6-21-7-5-13/h2-10,26H,11H2,1H3,(H,22,23). The highest BCUT2D eigenvalue weighted by molar-refractivity contribution is 5.73. The lowest BCUT2D eigenvalue weighted by molar-refractivity contribution is 0.432. The number of hydrogen-bond acceptors (Lipinski definition) is 5. The van der Waals surface area contributed by atoms with Crippen LogP contribution in [0.1, 0.15) is 11.3 Å². The molecule has 0 aliphatic heterocycles. The molecule has 0 amide bonds. The summed E-state index contributed by atoms with van der Waals surface area (Å²) in [5, 5.41) is 12.7. The van der Waals surface area contributed by atoms with Crippen molar-refractivity contribution < 1.29 is 9.50 Å². The van der Waals surface area contributed by atoms with Gasteiger partial charge in [0.15, 0.2) is 23.0 Å². The Kier molecular flexibility index (Phi) is 3.96. The average Bonchev–Trinajstić information content (AvgIpc) is 2.99. The molecule has 3 heterocycles. The number of imidazole rings is 1. The molecule has 4 rings (SSSR count). The zero-order valence-corrected chi connectivity index (χ0v) is 14.0. The number of benzene rings is 1. The Balaban J connectivity index is 1.75. The summed E-state index contributed by atoms with van der Waals surface area (Å²) in [4.78, 5) is 13.0. The second-order valence-electron chi connectivity index (χ2n) is 5.89. The first-order valence-electron chi connectivity index (χ1n) is 8.09. The molecule has 2 N–H and O–H groups in total. The molecule has 6 nitrogen and oxygen atoms in total. The van der Waals surface area contributed by atoms with E-state index in [4.69, 9.17) is 0 Å². The number of pyridine rings is 1. The van der Waals surface area contributed by atoms with E-state index in [1.54, 1.807) is 30.9 Å². The minimum atomic E-state index is -0.665. The van der Waals surface area contributed by atoms with Crippen molar-refractivity contribution in [1.82, 2.24) is 19.4 Å². The lowest BCUT2D eigenvalue weighted by Gasteiger charge is -2.08. The molecular weight excluding hydrogens is 333 g/mol. The molecule has 130 valence electrons. The van der Waals surface area contributed by atoms with Crippen molar-refractivity contribution in [3.05, 3.63) is 72.2 Å². The number of nitrogens with zero attached hydrogens (tertiary/aromatic N) is 4. The van der Waals surface area contributed by atoms with Crippen LogP contribution in [0.5, 0.6) is 5.75 Å². The molecule has 1 aromatic carbocycles. The monoisotopic (exact) mass is 349 g/mol. The SMILES string of the molecule is Cc1nc2c(NCc3ccncc3)nccn2c1-c1ccc(O)c(F)c1. The van der Waals surface area contributed by atoms with E-state index < -0.39 is 5.82 Å². The Bertz CT molecular complexity index is 1080. The molecule has 0 atom stereocenters. The van der Waals surface area contributed by atoms with Gasteiger partial charge < -0.3 is 10.4 Å². The molecule has 0 bridgehead atoms. The number of nitrogens with one attached hydrogen (secondary N) is 1. The maximum Gasteiger partial charge on any atom is 0.180 e. The van der Waals surface area contributed by atoms with E-state index in [0.29, 0.717) is 23.6 Å². The molecule has 0 spiro atoms. The number of rotatable bonds is 4. The van der Waals surface area contributed by atoms with Crippen LogP contribution in [0.15, 0.2) is 55.1 Å². The van der Waals surface area contributed by atoms with E-state index >= 15 is 0 Å². The topological polar surface area (TPSA) is 75.3 Å². The first-order chi connectivity index (χ1) is 12.6. The van der Waals surface area contributed by atoms with Gasteiger partial charge in [-0.1, -0.05) is 0 Å². The van der Waals surface area contributed by atoms with Gasteiger partial charge in [0.1, 0.15) is 0 Å². The summed E-state index contributed by atoms with van der Waals surface area (Å²) < 4.78 is 15.6. The third-order valence-corrected chi connectivity index (χ3v) is 4.15. The molecule has 0 unspecified atom stereocenters. The second kappa shape index (κ2) is 6.44. The van der Waals surface area contributed by atoms with Gasteiger partial charge in [0.05, 0.1) is 11.4 Å². The molecule has 3 aromatic heterocycles. The number of phenols is 1. The summed E-state index contributed by atoms with van der Waals surface area (Å²) in [6.45, 7) is 2.45. The number of fused-ring (bicyclic) bond motifs is 1. The van der Waals surface area contributed by atoms with Gasteiger partial charge in [-0.25, -0.2) is 14.4 Å². The Morgan fingerprint density at radius 1 is 1.15 bits per heavy atom. The van der Waals surface area contributed by atoms with E-state index in [1.807, 2.05) is 23.5 Å². The van der Waals surface area contributed by atoms with E-state index in [0.717, 1.165) is 17.0 Å². The molecule has 0 saturated carbocycles. The van der Waals surface area contributed by atoms with Crippen molar-refractivity contribution in [2.24, 2.45) is 0 Å². The van der Waals surface area contributed by atoms with Crippen molar-refractivity contribution in [3.8, 4) is 17.0 Å². The zero-order valence-electron chi connectivity index (χ0n) is 14.0. The van der Waals surface area contributed by atoms with Crippen LogP contribution < -0.4 is 5.32 Å². The number of anilines is 1. The van der Waals surface area contributed by atoms with Crippen LogP contribution in [0.3, 0.4) is 0 Å². The number of aryl methyl sites for hydroxylation is 1. The summed E-state index contributed by atoms with van der Waals surface area (Å²) in [6, 6.07) is 8.16. The summed E-state index contributed by atoms with van der Waals surface area (Å²) in [5.41, 5.74) is 3.87. The molecule has 4 aromatic rings. The minimum absolute atomic E-state index is 0.374. The highest BCUT2D eigenvalue weighted by Gasteiger charge is 2.15. The number of halogens is 1. The van der Waals surface area contributed by atoms with Crippen molar-refractivity contribution >= 4 is 11.5 Å². The van der Waals surface area contributed by atoms with E-state index in [9.17, 15) is 9.50 Å². The predicted octanol–water partition coefficient (Wildman–Crippen LogP) is 3.56. The third kappa shape index (κ3) is 2.83. The molecule has 0 radical (unpaired) electrons. The fourth-order valence-electron chi connectivity index (χ4n) is 2.90. The molecule has 0 saturated heterocycles. The van der Waals surface area contributed by atoms with Crippen LogP contribution in [0.25, 0.3) is 16.9 Å². The Morgan fingerprint density at radius 2 is 1.96 bits per heavy atom. The number of phenolic OH excluding ortho intramolecular Hbond substituents is 1. The predicted molar refractivity (Wildman–Crippen MR) is 96.3 cm³/mol.